The van der Waals surface area contributed by atoms with Gasteiger partial charge in [0, 0.05) is 19.8 Å². The minimum absolute atomic E-state index is 0.229. The Balaban J connectivity index is 1.56. The Morgan fingerprint density at radius 1 is 0.533 bits per heavy atom. The van der Waals surface area contributed by atoms with Crippen LogP contribution in [0.3, 0.4) is 0 Å². The second-order valence-electron chi connectivity index (χ2n) is 26.1. The fourth-order valence-corrected chi connectivity index (χ4v) is 12.7. The fourth-order valence-electron chi connectivity index (χ4n) is 12.7. The highest BCUT2D eigenvalue weighted by Crippen LogP contribution is 2.39. The summed E-state index contributed by atoms with van der Waals surface area (Å²) in [6.45, 7) is 2.22. The van der Waals surface area contributed by atoms with E-state index in [1.165, 1.54) is 173 Å². The van der Waals surface area contributed by atoms with Gasteiger partial charge < -0.3 is 100 Å². The average Bonchev–Trinajstić information content (AvgIpc) is 0.889. The van der Waals surface area contributed by atoms with Crippen LogP contribution in [0.4, 0.5) is 0 Å². The number of carbonyl (C=O) groups excluding carboxylic acids is 2. The molecule has 0 spiro atoms. The molecule has 0 aromatic heterocycles. The summed E-state index contributed by atoms with van der Waals surface area (Å²) < 4.78 is 34.8. The van der Waals surface area contributed by atoms with E-state index in [0.29, 0.717) is 19.3 Å². The lowest BCUT2D eigenvalue weighted by molar-refractivity contribution is -0.386. The summed E-state index contributed by atoms with van der Waals surface area (Å²) in [6.07, 6.45) is 15.4. The van der Waals surface area contributed by atoms with E-state index in [1.807, 2.05) is 0 Å². The van der Waals surface area contributed by atoms with E-state index < -0.39 is 148 Å². The molecule has 3 fully saturated rings. The van der Waals surface area contributed by atoms with Crippen LogP contribution in [0.5, 0.6) is 0 Å². The lowest BCUT2D eigenvalue weighted by Crippen LogP contribution is -2.70. The normalized spacial score (nSPS) is 28.5. The number of carboxylic acids is 1. The number of aliphatic hydroxyl groups is 11. The molecule has 23 nitrogen and oxygen atoms in total. The van der Waals surface area contributed by atoms with E-state index >= 15 is 0 Å². The molecule has 90 heavy (non-hydrogen) atoms. The summed E-state index contributed by atoms with van der Waals surface area (Å²) in [5.41, 5.74) is 0. The van der Waals surface area contributed by atoms with Crippen molar-refractivity contribution in [2.24, 2.45) is 0 Å². The molecule has 3 heterocycles. The second kappa shape index (κ2) is 48.4. The van der Waals surface area contributed by atoms with E-state index in [1.54, 1.807) is 0 Å². The Kier molecular flexibility index (Phi) is 44.1. The Morgan fingerprint density at radius 2 is 0.967 bits per heavy atom. The van der Waals surface area contributed by atoms with Crippen LogP contribution in [0, 0.1) is 0 Å². The van der Waals surface area contributed by atoms with Crippen molar-refractivity contribution in [1.82, 2.24) is 10.6 Å². The molecule has 3 saturated heterocycles. The maximum Gasteiger partial charge on any atom is 0.364 e. The first-order valence-electron chi connectivity index (χ1n) is 35.4. The standard InChI is InChI=1S/C67H126N2O21/c1-4-6-8-10-12-14-16-18-19-20-21-22-23-24-25-26-27-29-31-33-35-37-39-41-54(77)69-48(49(74)40-38-36-34-32-30-28-17-15-13-11-9-7-5-2)46-85-64-59(81)58(80)61(53(45-72)87-64)88-65-60(82)63(57(79)52(44-71)86-65)90-67(66(83)84)42-50(75)55(68-47(3)73)62(89-67)56(78)51(76)43-70/h48-53,55-65,70-72,74-76,78-82H,4-46H2,1-3H3,(H,68,73)(H,69,77)(H,83,84). The van der Waals surface area contributed by atoms with Crippen LogP contribution in [-0.2, 0) is 42.8 Å². The van der Waals surface area contributed by atoms with Crippen LogP contribution in [-0.4, -0.2) is 215 Å². The lowest BCUT2D eigenvalue weighted by Gasteiger charge is -2.50. The number of ether oxygens (including phenoxy) is 6. The largest absolute Gasteiger partial charge is 0.477 e. The smallest absolute Gasteiger partial charge is 0.364 e. The molecule has 18 atom stereocenters. The summed E-state index contributed by atoms with van der Waals surface area (Å²) in [6, 6.07) is -2.52. The molecule has 3 aliphatic heterocycles. The number of carbonyl (C=O) groups is 3. The van der Waals surface area contributed by atoms with Crippen molar-refractivity contribution in [3.05, 3.63) is 0 Å². The molecular weight excluding hydrogens is 1170 g/mol. The van der Waals surface area contributed by atoms with E-state index in [4.69, 9.17) is 28.4 Å². The number of aliphatic hydroxyl groups excluding tert-OH is 11. The molecule has 0 aromatic carbocycles. The van der Waals surface area contributed by atoms with Crippen molar-refractivity contribution in [2.75, 3.05) is 26.4 Å². The monoisotopic (exact) mass is 1290 g/mol. The molecule has 3 aliphatic rings. The Bertz CT molecular complexity index is 1830. The number of hydrogen-bond donors (Lipinski definition) is 14. The zero-order valence-electron chi connectivity index (χ0n) is 55.3. The first kappa shape index (κ1) is 82.0. The van der Waals surface area contributed by atoms with Gasteiger partial charge in [0.25, 0.3) is 5.79 Å². The van der Waals surface area contributed by atoms with Crippen molar-refractivity contribution in [3.8, 4) is 0 Å². The van der Waals surface area contributed by atoms with E-state index in [9.17, 15) is 75.7 Å². The fraction of sp³-hybridized carbons (Fsp3) is 0.955. The molecule has 0 aliphatic carbocycles. The number of hydrogen-bond acceptors (Lipinski definition) is 20. The van der Waals surface area contributed by atoms with Crippen LogP contribution in [0.2, 0.25) is 0 Å². The Hall–Kier alpha value is -2.27. The van der Waals surface area contributed by atoms with Crippen molar-refractivity contribution in [2.45, 2.75) is 381 Å². The summed E-state index contributed by atoms with van der Waals surface area (Å²) >= 11 is 0. The number of amides is 2. The van der Waals surface area contributed by atoms with E-state index in [-0.39, 0.29) is 18.9 Å². The van der Waals surface area contributed by atoms with Gasteiger partial charge in [0.15, 0.2) is 12.6 Å². The van der Waals surface area contributed by atoms with Gasteiger partial charge in [-0.2, -0.15) is 0 Å². The zero-order valence-corrected chi connectivity index (χ0v) is 55.3. The first-order chi connectivity index (χ1) is 43.4. The third kappa shape index (κ3) is 30.6. The number of aliphatic carboxylic acids is 1. The van der Waals surface area contributed by atoms with Gasteiger partial charge in [0.2, 0.25) is 11.8 Å². The predicted octanol–water partition coefficient (Wildman–Crippen LogP) is 6.51. The molecule has 14 N–H and O–H groups in total. The van der Waals surface area contributed by atoms with Gasteiger partial charge in [-0.1, -0.05) is 239 Å². The van der Waals surface area contributed by atoms with Crippen LogP contribution in [0.1, 0.15) is 271 Å². The summed E-state index contributed by atoms with van der Waals surface area (Å²) in [5, 5.41) is 136. The van der Waals surface area contributed by atoms with Crippen molar-refractivity contribution in [1.29, 1.82) is 0 Å². The van der Waals surface area contributed by atoms with Gasteiger partial charge in [0.1, 0.15) is 67.1 Å². The molecule has 0 radical (unpaired) electrons. The van der Waals surface area contributed by atoms with Crippen LogP contribution >= 0.6 is 0 Å². The van der Waals surface area contributed by atoms with Gasteiger partial charge in [-0.15, -0.1) is 0 Å². The molecule has 0 bridgehead atoms. The third-order valence-corrected chi connectivity index (χ3v) is 18.3. The third-order valence-electron chi connectivity index (χ3n) is 18.3. The SMILES string of the molecule is CCCCCCCCCCCCCCCCCCCCCCCCCC(=O)NC(COC1OC(CO)C(OC2OC(CO)C(O)C(OC3(C(=O)O)CC(O)C(NC(C)=O)C(C(O)C(O)CO)O3)C2O)C(O)C1O)C(O)CCCCCCCCCCCCCCC. The Morgan fingerprint density at radius 3 is 1.39 bits per heavy atom. The van der Waals surface area contributed by atoms with Crippen LogP contribution in [0.25, 0.3) is 0 Å². The van der Waals surface area contributed by atoms with E-state index in [0.717, 1.165) is 51.9 Å². The Labute approximate surface area is 538 Å². The molecule has 18 unspecified atom stereocenters. The summed E-state index contributed by atoms with van der Waals surface area (Å²) in [7, 11) is 0. The molecule has 2 amide bonds. The molecule has 23 heteroatoms. The lowest BCUT2D eigenvalue weighted by atomic mass is 9.88. The maximum absolute atomic E-state index is 13.5. The predicted molar refractivity (Wildman–Crippen MR) is 339 cm³/mol. The quantitative estimate of drug-likeness (QED) is 0.0288. The minimum Gasteiger partial charge on any atom is -0.477 e. The van der Waals surface area contributed by atoms with Crippen LogP contribution in [0.15, 0.2) is 0 Å². The molecular formula is C67H126N2O21. The van der Waals surface area contributed by atoms with Crippen molar-refractivity contribution < 1.29 is 104 Å². The van der Waals surface area contributed by atoms with Gasteiger partial charge in [0.05, 0.1) is 50.7 Å². The first-order valence-corrected chi connectivity index (χ1v) is 35.4. The van der Waals surface area contributed by atoms with Gasteiger partial charge in [-0.3, -0.25) is 9.59 Å². The molecule has 0 saturated carbocycles. The van der Waals surface area contributed by atoms with Crippen molar-refractivity contribution >= 4 is 17.8 Å². The minimum atomic E-state index is -3.08. The highest BCUT2D eigenvalue weighted by Gasteiger charge is 2.60. The van der Waals surface area contributed by atoms with Crippen LogP contribution < -0.4 is 10.6 Å². The topological polar surface area (TPSA) is 373 Å². The van der Waals surface area contributed by atoms with Gasteiger partial charge in [-0.25, -0.2) is 4.79 Å². The molecule has 0 aromatic rings. The zero-order chi connectivity index (χ0) is 66.1. The number of nitrogens with one attached hydrogen (secondary N) is 2. The number of unbranched alkanes of at least 4 members (excludes halogenated alkanes) is 34. The maximum atomic E-state index is 13.5. The highest BCUT2D eigenvalue weighted by molar-refractivity contribution is 5.77. The van der Waals surface area contributed by atoms with E-state index in [2.05, 4.69) is 24.5 Å². The molecule has 3 rings (SSSR count). The molecule has 530 valence electrons. The summed E-state index contributed by atoms with van der Waals surface area (Å²) in [4.78, 5) is 38.5. The summed E-state index contributed by atoms with van der Waals surface area (Å²) in [5.74, 6) is -6.09. The number of rotatable bonds is 54. The average molecular weight is 1300 g/mol. The highest BCUT2D eigenvalue weighted by atomic mass is 16.8. The van der Waals surface area contributed by atoms with Crippen molar-refractivity contribution in [3.63, 3.8) is 0 Å². The second-order valence-corrected chi connectivity index (χ2v) is 26.1. The number of carboxylic acid groups (broad SMARTS) is 1. The van der Waals surface area contributed by atoms with Gasteiger partial charge >= 0.3 is 5.97 Å². The van der Waals surface area contributed by atoms with Gasteiger partial charge in [-0.05, 0) is 12.8 Å².